The number of hydrazine groups is 1. The van der Waals surface area contributed by atoms with E-state index in [1.54, 1.807) is 0 Å². The molecule has 1 N–H and O–H groups in total. The van der Waals surface area contributed by atoms with Crippen LogP contribution in [0.15, 0.2) is 53.4 Å². The highest BCUT2D eigenvalue weighted by Gasteiger charge is 2.55. The second kappa shape index (κ2) is 9.50. The van der Waals surface area contributed by atoms with Gasteiger partial charge in [0.25, 0.3) is 5.91 Å². The fourth-order valence-electron chi connectivity index (χ4n) is 7.94. The van der Waals surface area contributed by atoms with E-state index in [0.29, 0.717) is 33.5 Å². The number of benzene rings is 2. The Morgan fingerprint density at radius 1 is 1.08 bits per heavy atom. The first kappa shape index (κ1) is 25.4. The van der Waals surface area contributed by atoms with Gasteiger partial charge in [-0.05, 0) is 99.2 Å². The molecule has 5 nitrogen and oxygen atoms in total. The van der Waals surface area contributed by atoms with E-state index in [1.165, 1.54) is 36.0 Å². The number of fused-ring (bicyclic) bond motifs is 1. The van der Waals surface area contributed by atoms with Crippen LogP contribution in [0.2, 0.25) is 5.02 Å². The van der Waals surface area contributed by atoms with Crippen molar-refractivity contribution in [3.8, 4) is 0 Å². The molecule has 0 radical (unpaired) electrons. The largest absolute Gasteiger partial charge is 0.340 e. The molecule has 3 aromatic rings. The maximum Gasteiger partial charge on any atom is 0.285 e. The first-order chi connectivity index (χ1) is 18.8. The van der Waals surface area contributed by atoms with Crippen LogP contribution in [0.4, 0.5) is 0 Å². The number of nitrogens with zero attached hydrogens (tertiary/aromatic N) is 2. The van der Waals surface area contributed by atoms with Crippen molar-refractivity contribution in [1.82, 2.24) is 15.0 Å². The summed E-state index contributed by atoms with van der Waals surface area (Å²) in [4.78, 5) is 27.7. The van der Waals surface area contributed by atoms with Gasteiger partial charge in [-0.1, -0.05) is 59.8 Å². The Bertz CT molecular complexity index is 1540. The van der Waals surface area contributed by atoms with Crippen LogP contribution in [0, 0.1) is 30.1 Å². The molecule has 1 aromatic heterocycles. The molecule has 2 heterocycles. The first-order valence-corrected chi connectivity index (χ1v) is 15.3. The van der Waals surface area contributed by atoms with E-state index in [-0.39, 0.29) is 17.2 Å². The normalized spacial score (nSPS) is 28.7. The number of amides is 2. The summed E-state index contributed by atoms with van der Waals surface area (Å²) in [6.45, 7) is 2.69. The molecular weight excluding hydrogens is 546 g/mol. The third-order valence-corrected chi connectivity index (χ3v) is 11.0. The molecule has 4 aliphatic carbocycles. The van der Waals surface area contributed by atoms with E-state index in [2.05, 4.69) is 29.0 Å². The number of carbonyl (C=O) groups excluding carboxylic acids is 2. The number of para-hydroxylation sites is 1. The number of aromatic nitrogens is 1. The minimum atomic E-state index is -0.343. The number of halogens is 1. The molecule has 1 aliphatic heterocycles. The van der Waals surface area contributed by atoms with Gasteiger partial charge in [0.05, 0.1) is 10.3 Å². The molecule has 0 spiro atoms. The van der Waals surface area contributed by atoms with Crippen LogP contribution in [-0.2, 0) is 16.1 Å². The fraction of sp³-hybridized carbons (Fsp3) is 0.387. The Balaban J connectivity index is 1.17. The highest BCUT2D eigenvalue weighted by atomic mass is 35.5. The van der Waals surface area contributed by atoms with Gasteiger partial charge in [0.1, 0.15) is 0 Å². The van der Waals surface area contributed by atoms with Gasteiger partial charge in [0, 0.05) is 33.7 Å². The van der Waals surface area contributed by atoms with E-state index in [4.69, 9.17) is 23.8 Å². The zero-order valence-electron chi connectivity index (χ0n) is 21.8. The summed E-state index contributed by atoms with van der Waals surface area (Å²) in [5, 5.41) is 3.10. The number of rotatable bonds is 5. The number of hydrogen-bond donors (Lipinski definition) is 1. The molecule has 8 heteroatoms. The predicted octanol–water partition coefficient (Wildman–Crippen LogP) is 7.10. The van der Waals surface area contributed by atoms with Crippen molar-refractivity contribution in [3.05, 3.63) is 75.3 Å². The zero-order chi connectivity index (χ0) is 26.9. The van der Waals surface area contributed by atoms with Gasteiger partial charge in [0.2, 0.25) is 5.91 Å². The van der Waals surface area contributed by atoms with Gasteiger partial charge in [-0.3, -0.25) is 15.0 Å². The predicted molar refractivity (Wildman–Crippen MR) is 161 cm³/mol. The standard InChI is InChI=1S/C31H30ClN3O2S2/c1-18-24(23-7-3-5-9-26(23)34(18)17-22-6-2-4-8-25(22)32)13-27-28(36)35(30(38)39-27)33-29(37)31-14-19-10-20(15-31)12-21(11-19)16-31/h2-9,13,19-21H,10-12,14-17H2,1H3,(H,33,37)/b27-13-. The average Bonchev–Trinajstić information content (AvgIpc) is 3.32. The fourth-order valence-corrected chi connectivity index (χ4v) is 9.30. The second-order valence-corrected chi connectivity index (χ2v) is 13.9. The van der Waals surface area contributed by atoms with Gasteiger partial charge in [-0.25, -0.2) is 0 Å². The topological polar surface area (TPSA) is 54.3 Å². The quantitative estimate of drug-likeness (QED) is 0.260. The number of thioether (sulfide) groups is 1. The van der Waals surface area contributed by atoms with Gasteiger partial charge in [0.15, 0.2) is 4.32 Å². The number of nitrogens with one attached hydrogen (secondary N) is 1. The Morgan fingerprint density at radius 3 is 2.41 bits per heavy atom. The number of thiocarbonyl (C=S) groups is 1. The molecule has 2 aromatic carbocycles. The van der Waals surface area contributed by atoms with Crippen molar-refractivity contribution in [2.45, 2.75) is 52.0 Å². The van der Waals surface area contributed by atoms with E-state index in [9.17, 15) is 9.59 Å². The van der Waals surface area contributed by atoms with Crippen molar-refractivity contribution in [3.63, 3.8) is 0 Å². The molecule has 5 aliphatic rings. The van der Waals surface area contributed by atoms with E-state index >= 15 is 0 Å². The molecule has 39 heavy (non-hydrogen) atoms. The molecule has 5 fully saturated rings. The van der Waals surface area contributed by atoms with Crippen molar-refractivity contribution in [2.75, 3.05) is 0 Å². The highest BCUT2D eigenvalue weighted by Crippen LogP contribution is 2.60. The summed E-state index contributed by atoms with van der Waals surface area (Å²) in [5.41, 5.74) is 6.76. The molecule has 0 unspecified atom stereocenters. The van der Waals surface area contributed by atoms with Crippen LogP contribution in [0.1, 0.15) is 55.3 Å². The molecule has 8 rings (SSSR count). The molecule has 4 bridgehead atoms. The molecule has 4 saturated carbocycles. The smallest absolute Gasteiger partial charge is 0.285 e. The average molecular weight is 576 g/mol. The maximum atomic E-state index is 13.6. The van der Waals surface area contributed by atoms with Gasteiger partial charge in [-0.2, -0.15) is 5.01 Å². The molecule has 200 valence electrons. The summed E-state index contributed by atoms with van der Waals surface area (Å²) in [6.07, 6.45) is 8.55. The summed E-state index contributed by atoms with van der Waals surface area (Å²) >= 11 is 13.3. The molecule has 1 saturated heterocycles. The Hall–Kier alpha value is -2.61. The van der Waals surface area contributed by atoms with Gasteiger partial charge < -0.3 is 4.57 Å². The lowest BCUT2D eigenvalue weighted by molar-refractivity contribution is -0.152. The van der Waals surface area contributed by atoms with Crippen molar-refractivity contribution in [1.29, 1.82) is 0 Å². The van der Waals surface area contributed by atoms with Gasteiger partial charge in [-0.15, -0.1) is 0 Å². The van der Waals surface area contributed by atoms with Crippen LogP contribution in [0.5, 0.6) is 0 Å². The third-order valence-electron chi connectivity index (χ3n) is 9.37. The summed E-state index contributed by atoms with van der Waals surface area (Å²) < 4.78 is 2.61. The number of hydrogen-bond acceptors (Lipinski definition) is 4. The third kappa shape index (κ3) is 4.25. The number of carbonyl (C=O) groups is 2. The lowest BCUT2D eigenvalue weighted by atomic mass is 9.49. The van der Waals surface area contributed by atoms with Gasteiger partial charge >= 0.3 is 0 Å². The molecule has 0 atom stereocenters. The van der Waals surface area contributed by atoms with Crippen LogP contribution in [-0.4, -0.2) is 25.7 Å². The minimum absolute atomic E-state index is 0.0216. The van der Waals surface area contributed by atoms with Crippen LogP contribution in [0.3, 0.4) is 0 Å². The van der Waals surface area contributed by atoms with Crippen molar-refractivity contribution >= 4 is 68.7 Å². The highest BCUT2D eigenvalue weighted by molar-refractivity contribution is 8.26. The minimum Gasteiger partial charge on any atom is -0.340 e. The van der Waals surface area contributed by atoms with Crippen molar-refractivity contribution in [2.24, 2.45) is 23.2 Å². The van der Waals surface area contributed by atoms with E-state index in [0.717, 1.165) is 52.0 Å². The monoisotopic (exact) mass is 575 g/mol. The van der Waals surface area contributed by atoms with Crippen LogP contribution in [0.25, 0.3) is 17.0 Å². The lowest BCUT2D eigenvalue weighted by Gasteiger charge is -2.55. The SMILES string of the molecule is Cc1c(/C=C2\SC(=S)N(NC(=O)C34CC5CC(CC(C5)C3)C4)C2=O)c2ccccc2n1Cc1ccccc1Cl. The second-order valence-electron chi connectivity index (χ2n) is 11.8. The molecule has 2 amide bonds. The summed E-state index contributed by atoms with van der Waals surface area (Å²) in [5.74, 6) is 1.68. The van der Waals surface area contributed by atoms with Crippen molar-refractivity contribution < 1.29 is 9.59 Å². The summed E-state index contributed by atoms with van der Waals surface area (Å²) in [7, 11) is 0. The van der Waals surface area contributed by atoms with Crippen LogP contribution < -0.4 is 5.43 Å². The Labute approximate surface area is 242 Å². The Kier molecular flexibility index (Phi) is 6.18. The summed E-state index contributed by atoms with van der Waals surface area (Å²) in [6, 6.07) is 16.1. The van der Waals surface area contributed by atoms with E-state index in [1.807, 2.05) is 42.5 Å². The zero-order valence-corrected chi connectivity index (χ0v) is 24.2. The lowest BCUT2D eigenvalue weighted by Crippen LogP contribution is -2.57. The van der Waals surface area contributed by atoms with E-state index < -0.39 is 0 Å². The van der Waals surface area contributed by atoms with Crippen LogP contribution >= 0.6 is 35.6 Å². The molecular formula is C31H30ClN3O2S2. The first-order valence-electron chi connectivity index (χ1n) is 13.7. The Morgan fingerprint density at radius 2 is 1.72 bits per heavy atom. The maximum absolute atomic E-state index is 13.6.